The second-order valence-electron chi connectivity index (χ2n) is 4.39. The number of nitrogen functional groups attached to an aromatic ring is 1. The molecule has 0 aliphatic rings. The number of rotatable bonds is 8. The number of ether oxygens (including phenoxy) is 1. The predicted molar refractivity (Wildman–Crippen MR) is 81.6 cm³/mol. The van der Waals surface area contributed by atoms with Crippen molar-refractivity contribution in [3.05, 3.63) is 24.3 Å². The SMILES string of the molecule is CSCCC(C)NC(=O)CCOc1ccccc1N. The number of hydrogen-bond acceptors (Lipinski definition) is 4. The van der Waals surface area contributed by atoms with Crippen molar-refractivity contribution in [1.29, 1.82) is 0 Å². The van der Waals surface area contributed by atoms with E-state index in [1.54, 1.807) is 23.9 Å². The number of carbonyl (C=O) groups is 1. The smallest absolute Gasteiger partial charge is 0.223 e. The number of thioether (sulfide) groups is 1. The normalized spacial score (nSPS) is 11.9. The fraction of sp³-hybridized carbons (Fsp3) is 0.500. The van der Waals surface area contributed by atoms with E-state index < -0.39 is 0 Å². The molecule has 0 saturated heterocycles. The summed E-state index contributed by atoms with van der Waals surface area (Å²) < 4.78 is 5.48. The van der Waals surface area contributed by atoms with E-state index in [1.807, 2.05) is 19.1 Å². The summed E-state index contributed by atoms with van der Waals surface area (Å²) in [5.74, 6) is 1.70. The largest absolute Gasteiger partial charge is 0.491 e. The zero-order valence-electron chi connectivity index (χ0n) is 11.5. The number of amides is 1. The highest BCUT2D eigenvalue weighted by atomic mass is 32.2. The van der Waals surface area contributed by atoms with Gasteiger partial charge in [0.15, 0.2) is 0 Å². The van der Waals surface area contributed by atoms with E-state index in [0.29, 0.717) is 24.5 Å². The lowest BCUT2D eigenvalue weighted by Gasteiger charge is -2.13. The Morgan fingerprint density at radius 1 is 1.47 bits per heavy atom. The highest BCUT2D eigenvalue weighted by molar-refractivity contribution is 7.98. The molecule has 19 heavy (non-hydrogen) atoms. The van der Waals surface area contributed by atoms with Crippen LogP contribution in [0.5, 0.6) is 5.75 Å². The molecule has 0 bridgehead atoms. The zero-order chi connectivity index (χ0) is 14.1. The Labute approximate surface area is 119 Å². The van der Waals surface area contributed by atoms with Crippen LogP contribution >= 0.6 is 11.8 Å². The van der Waals surface area contributed by atoms with Gasteiger partial charge in [0.1, 0.15) is 5.75 Å². The molecule has 106 valence electrons. The van der Waals surface area contributed by atoms with Crippen molar-refractivity contribution in [1.82, 2.24) is 5.32 Å². The Hall–Kier alpha value is -1.36. The molecule has 0 aliphatic carbocycles. The quantitative estimate of drug-likeness (QED) is 0.718. The topological polar surface area (TPSA) is 64.3 Å². The molecular weight excluding hydrogens is 260 g/mol. The fourth-order valence-corrected chi connectivity index (χ4v) is 2.17. The lowest BCUT2D eigenvalue weighted by molar-refractivity contribution is -0.122. The summed E-state index contributed by atoms with van der Waals surface area (Å²) in [6.45, 7) is 2.36. The number of anilines is 1. The van der Waals surface area contributed by atoms with Gasteiger partial charge in [-0.1, -0.05) is 12.1 Å². The summed E-state index contributed by atoms with van der Waals surface area (Å²) in [7, 11) is 0. The maximum atomic E-state index is 11.7. The van der Waals surface area contributed by atoms with E-state index >= 15 is 0 Å². The molecule has 0 aliphatic heterocycles. The first-order valence-corrected chi connectivity index (χ1v) is 7.78. The lowest BCUT2D eigenvalue weighted by atomic mass is 10.2. The van der Waals surface area contributed by atoms with Crippen LogP contribution in [0.15, 0.2) is 24.3 Å². The Bertz CT molecular complexity index is 399. The van der Waals surface area contributed by atoms with Crippen LogP contribution < -0.4 is 15.8 Å². The van der Waals surface area contributed by atoms with Gasteiger partial charge in [-0.25, -0.2) is 0 Å². The molecule has 1 aromatic rings. The van der Waals surface area contributed by atoms with Crippen LogP contribution in [0.25, 0.3) is 0 Å². The molecule has 0 fully saturated rings. The molecule has 3 N–H and O–H groups in total. The molecular formula is C14H22N2O2S. The second kappa shape index (κ2) is 8.69. The molecule has 0 saturated carbocycles. The molecule has 4 nitrogen and oxygen atoms in total. The van der Waals surface area contributed by atoms with Crippen molar-refractivity contribution in [2.75, 3.05) is 24.3 Å². The van der Waals surface area contributed by atoms with Crippen LogP contribution in [0.2, 0.25) is 0 Å². The Morgan fingerprint density at radius 2 is 2.21 bits per heavy atom. The molecule has 1 aromatic carbocycles. The first-order valence-electron chi connectivity index (χ1n) is 6.39. The minimum atomic E-state index is 0.0168. The third kappa shape index (κ3) is 6.38. The van der Waals surface area contributed by atoms with Gasteiger partial charge in [0.25, 0.3) is 0 Å². The first kappa shape index (κ1) is 15.7. The van der Waals surface area contributed by atoms with E-state index in [2.05, 4.69) is 11.6 Å². The molecule has 0 aromatic heterocycles. The third-order valence-corrected chi connectivity index (χ3v) is 3.31. The van der Waals surface area contributed by atoms with Gasteiger partial charge in [-0.3, -0.25) is 4.79 Å². The van der Waals surface area contributed by atoms with Crippen LogP contribution in [-0.4, -0.2) is 30.6 Å². The molecule has 0 radical (unpaired) electrons. The highest BCUT2D eigenvalue weighted by Gasteiger charge is 2.07. The first-order chi connectivity index (χ1) is 9.13. The summed E-state index contributed by atoms with van der Waals surface area (Å²) in [5.41, 5.74) is 6.34. The van der Waals surface area contributed by atoms with Gasteiger partial charge in [0.2, 0.25) is 5.91 Å². The molecule has 1 unspecified atom stereocenters. The van der Waals surface area contributed by atoms with Crippen molar-refractivity contribution >= 4 is 23.4 Å². The molecule has 0 heterocycles. The number of benzene rings is 1. The minimum absolute atomic E-state index is 0.0168. The van der Waals surface area contributed by atoms with Gasteiger partial charge in [0, 0.05) is 6.04 Å². The third-order valence-electron chi connectivity index (χ3n) is 2.67. The number of para-hydroxylation sites is 2. The molecule has 1 amide bonds. The summed E-state index contributed by atoms with van der Waals surface area (Å²) in [6, 6.07) is 7.49. The van der Waals surface area contributed by atoms with Crippen LogP contribution in [0, 0.1) is 0 Å². The van der Waals surface area contributed by atoms with Gasteiger partial charge in [0.05, 0.1) is 18.7 Å². The van der Waals surface area contributed by atoms with E-state index in [1.165, 1.54) is 0 Å². The Morgan fingerprint density at radius 3 is 2.89 bits per heavy atom. The van der Waals surface area contributed by atoms with Crippen LogP contribution in [0.1, 0.15) is 19.8 Å². The Balaban J connectivity index is 2.22. The van der Waals surface area contributed by atoms with Crippen molar-refractivity contribution in [3.8, 4) is 5.75 Å². The van der Waals surface area contributed by atoms with Gasteiger partial charge in [-0.15, -0.1) is 0 Å². The van der Waals surface area contributed by atoms with Crippen LogP contribution in [0.3, 0.4) is 0 Å². The number of nitrogens with one attached hydrogen (secondary N) is 1. The van der Waals surface area contributed by atoms with Gasteiger partial charge < -0.3 is 15.8 Å². The molecule has 5 heteroatoms. The highest BCUT2D eigenvalue weighted by Crippen LogP contribution is 2.19. The van der Waals surface area contributed by atoms with E-state index in [0.717, 1.165) is 12.2 Å². The van der Waals surface area contributed by atoms with E-state index in [-0.39, 0.29) is 11.9 Å². The van der Waals surface area contributed by atoms with Crippen molar-refractivity contribution in [3.63, 3.8) is 0 Å². The average Bonchev–Trinajstić information content (AvgIpc) is 2.38. The van der Waals surface area contributed by atoms with Crippen LogP contribution in [-0.2, 0) is 4.79 Å². The van der Waals surface area contributed by atoms with Crippen molar-refractivity contribution in [2.45, 2.75) is 25.8 Å². The van der Waals surface area contributed by atoms with Gasteiger partial charge in [-0.2, -0.15) is 11.8 Å². The summed E-state index contributed by atoms with van der Waals surface area (Å²) in [5, 5.41) is 2.95. The fourth-order valence-electron chi connectivity index (χ4n) is 1.58. The Kier molecular flexibility index (Phi) is 7.18. The van der Waals surface area contributed by atoms with Crippen LogP contribution in [0.4, 0.5) is 5.69 Å². The lowest BCUT2D eigenvalue weighted by Crippen LogP contribution is -2.33. The molecule has 1 atom stereocenters. The number of hydrogen-bond donors (Lipinski definition) is 2. The number of carbonyl (C=O) groups excluding carboxylic acids is 1. The van der Waals surface area contributed by atoms with Crippen molar-refractivity contribution in [2.24, 2.45) is 0 Å². The second-order valence-corrected chi connectivity index (χ2v) is 5.37. The maximum Gasteiger partial charge on any atom is 0.223 e. The number of nitrogens with two attached hydrogens (primary N) is 1. The minimum Gasteiger partial charge on any atom is -0.491 e. The zero-order valence-corrected chi connectivity index (χ0v) is 12.3. The maximum absolute atomic E-state index is 11.7. The summed E-state index contributed by atoms with van der Waals surface area (Å²) in [6.07, 6.45) is 3.39. The van der Waals surface area contributed by atoms with Gasteiger partial charge >= 0.3 is 0 Å². The van der Waals surface area contributed by atoms with E-state index in [4.69, 9.17) is 10.5 Å². The van der Waals surface area contributed by atoms with Crippen molar-refractivity contribution < 1.29 is 9.53 Å². The summed E-state index contributed by atoms with van der Waals surface area (Å²) >= 11 is 1.78. The average molecular weight is 282 g/mol. The monoisotopic (exact) mass is 282 g/mol. The van der Waals surface area contributed by atoms with Gasteiger partial charge in [-0.05, 0) is 37.5 Å². The molecule has 0 spiro atoms. The predicted octanol–water partition coefficient (Wildman–Crippen LogP) is 2.30. The summed E-state index contributed by atoms with van der Waals surface area (Å²) in [4.78, 5) is 11.7. The van der Waals surface area contributed by atoms with E-state index in [9.17, 15) is 4.79 Å². The standard InChI is InChI=1S/C14H22N2O2S/c1-11(8-10-19-2)16-14(17)7-9-18-13-6-4-3-5-12(13)15/h3-6,11H,7-10,15H2,1-2H3,(H,16,17). The molecule has 1 rings (SSSR count).